The van der Waals surface area contributed by atoms with Crippen LogP contribution in [0.3, 0.4) is 0 Å². The molecule has 1 saturated heterocycles. The van der Waals surface area contributed by atoms with Crippen molar-refractivity contribution in [2.45, 2.75) is 45.2 Å². The Morgan fingerprint density at radius 1 is 1.55 bits per heavy atom. The third kappa shape index (κ3) is 3.85. The van der Waals surface area contributed by atoms with Crippen LogP contribution >= 0.6 is 36.2 Å². The molecule has 1 aromatic heterocycles. The number of hydrogen-bond donors (Lipinski definition) is 1. The molecule has 1 unspecified atom stereocenters. The van der Waals surface area contributed by atoms with E-state index in [1.807, 2.05) is 24.4 Å². The highest BCUT2D eigenvalue weighted by Gasteiger charge is 2.40. The molecule has 2 heterocycles. The van der Waals surface area contributed by atoms with E-state index >= 15 is 0 Å². The van der Waals surface area contributed by atoms with Crippen molar-refractivity contribution >= 4 is 42.1 Å². The van der Waals surface area contributed by atoms with Gasteiger partial charge in [-0.2, -0.15) is 0 Å². The van der Waals surface area contributed by atoms with Crippen LogP contribution in [0.15, 0.2) is 5.51 Å². The van der Waals surface area contributed by atoms with Crippen molar-refractivity contribution < 1.29 is 4.79 Å². The summed E-state index contributed by atoms with van der Waals surface area (Å²) in [5, 5.41) is 3.39. The summed E-state index contributed by atoms with van der Waals surface area (Å²) in [7, 11) is 1.89. The quantitative estimate of drug-likeness (QED) is 0.917. The van der Waals surface area contributed by atoms with Gasteiger partial charge in [0.2, 0.25) is 5.91 Å². The van der Waals surface area contributed by atoms with Crippen LogP contribution in [0.4, 0.5) is 0 Å². The Bertz CT molecular complexity index is 433. The third-order valence-corrected chi connectivity index (χ3v) is 4.75. The van der Waals surface area contributed by atoms with Crippen LogP contribution in [-0.4, -0.2) is 34.9 Å². The molecule has 0 bridgehead atoms. The van der Waals surface area contributed by atoms with Crippen LogP contribution in [0, 0.1) is 6.92 Å². The van der Waals surface area contributed by atoms with Gasteiger partial charge in [0, 0.05) is 11.9 Å². The number of aryl methyl sites for hydroxylation is 1. The van der Waals surface area contributed by atoms with E-state index in [2.05, 4.69) is 17.2 Å². The van der Waals surface area contributed by atoms with E-state index in [-0.39, 0.29) is 36.3 Å². The maximum absolute atomic E-state index is 12.6. The Morgan fingerprint density at radius 2 is 2.25 bits per heavy atom. The van der Waals surface area contributed by atoms with Gasteiger partial charge in [-0.05, 0) is 32.7 Å². The van der Waals surface area contributed by atoms with Crippen LogP contribution in [0.25, 0.3) is 0 Å². The lowest BCUT2D eigenvalue weighted by atomic mass is 9.92. The second kappa shape index (κ2) is 8.17. The number of thiazole rings is 1. The average molecular weight is 340 g/mol. The summed E-state index contributed by atoms with van der Waals surface area (Å²) >= 11 is 1.62. The van der Waals surface area contributed by atoms with Crippen molar-refractivity contribution in [3.8, 4) is 0 Å². The van der Waals surface area contributed by atoms with Crippen LogP contribution in [-0.2, 0) is 11.3 Å². The van der Waals surface area contributed by atoms with E-state index in [1.54, 1.807) is 11.3 Å². The Morgan fingerprint density at radius 3 is 2.70 bits per heavy atom. The number of aromatic nitrogens is 1. The van der Waals surface area contributed by atoms with Gasteiger partial charge < -0.3 is 10.2 Å². The minimum absolute atomic E-state index is 0. The largest absolute Gasteiger partial charge is 0.339 e. The van der Waals surface area contributed by atoms with Gasteiger partial charge in [-0.25, -0.2) is 4.98 Å². The first kappa shape index (κ1) is 19.6. The number of carbonyl (C=O) groups is 1. The molecule has 116 valence electrons. The second-order valence-electron chi connectivity index (χ2n) is 4.99. The zero-order valence-electron chi connectivity index (χ0n) is 12.1. The van der Waals surface area contributed by atoms with Crippen LogP contribution in [0.5, 0.6) is 0 Å². The normalized spacial score (nSPS) is 20.9. The highest BCUT2D eigenvalue weighted by Crippen LogP contribution is 2.26. The molecule has 20 heavy (non-hydrogen) atoms. The molecule has 1 fully saturated rings. The lowest BCUT2D eigenvalue weighted by Gasteiger charge is -2.31. The molecule has 1 aliphatic rings. The van der Waals surface area contributed by atoms with E-state index in [1.165, 1.54) is 4.88 Å². The van der Waals surface area contributed by atoms with Crippen molar-refractivity contribution in [3.63, 3.8) is 0 Å². The van der Waals surface area contributed by atoms with Gasteiger partial charge in [-0.1, -0.05) is 6.92 Å². The molecular weight excluding hydrogens is 317 g/mol. The molecule has 0 spiro atoms. The predicted octanol–water partition coefficient (Wildman–Crippen LogP) is 2.79. The number of amides is 1. The number of rotatable bonds is 4. The van der Waals surface area contributed by atoms with Gasteiger partial charge in [0.15, 0.2) is 0 Å². The molecule has 1 aliphatic heterocycles. The molecule has 1 N–H and O–H groups in total. The van der Waals surface area contributed by atoms with E-state index in [0.29, 0.717) is 6.54 Å². The maximum Gasteiger partial charge on any atom is 0.242 e. The van der Waals surface area contributed by atoms with E-state index < -0.39 is 0 Å². The van der Waals surface area contributed by atoms with Crippen molar-refractivity contribution in [1.29, 1.82) is 0 Å². The molecule has 1 atom stereocenters. The summed E-state index contributed by atoms with van der Waals surface area (Å²) in [6, 6.07) is 0. The van der Waals surface area contributed by atoms with Gasteiger partial charge in [-0.3, -0.25) is 4.79 Å². The number of carbonyl (C=O) groups excluding carboxylic acids is 1. The van der Waals surface area contributed by atoms with E-state index in [0.717, 1.165) is 31.5 Å². The van der Waals surface area contributed by atoms with Crippen molar-refractivity contribution in [2.24, 2.45) is 0 Å². The highest BCUT2D eigenvalue weighted by molar-refractivity contribution is 7.09. The van der Waals surface area contributed by atoms with Crippen LogP contribution in [0.2, 0.25) is 0 Å². The number of nitrogens with one attached hydrogen (secondary N) is 1. The standard InChI is InChI=1S/C13H21N3OS.2ClH/c1-4-13(6-5-7-15-13)12(17)16(3)8-11-10(2)14-9-18-11;;/h9,15H,4-8H2,1-3H3;2*1H. The zero-order valence-corrected chi connectivity index (χ0v) is 14.6. The summed E-state index contributed by atoms with van der Waals surface area (Å²) in [5.74, 6) is 0.218. The predicted molar refractivity (Wildman–Crippen MR) is 88.1 cm³/mol. The van der Waals surface area contributed by atoms with Gasteiger partial charge in [0.05, 0.1) is 23.3 Å². The summed E-state index contributed by atoms with van der Waals surface area (Å²) in [6.07, 6.45) is 2.90. The summed E-state index contributed by atoms with van der Waals surface area (Å²) in [4.78, 5) is 19.8. The monoisotopic (exact) mass is 339 g/mol. The molecule has 2 rings (SSSR count). The molecule has 0 radical (unpaired) electrons. The van der Waals surface area contributed by atoms with Gasteiger partial charge in [0.25, 0.3) is 0 Å². The van der Waals surface area contributed by atoms with Crippen LogP contribution < -0.4 is 5.32 Å². The van der Waals surface area contributed by atoms with Crippen molar-refractivity contribution in [2.75, 3.05) is 13.6 Å². The zero-order chi connectivity index (χ0) is 13.2. The summed E-state index contributed by atoms with van der Waals surface area (Å²) in [6.45, 7) is 5.70. The fourth-order valence-corrected chi connectivity index (χ4v) is 3.40. The summed E-state index contributed by atoms with van der Waals surface area (Å²) in [5.41, 5.74) is 2.55. The first-order valence-corrected chi connectivity index (χ1v) is 7.36. The van der Waals surface area contributed by atoms with Crippen molar-refractivity contribution in [3.05, 3.63) is 16.1 Å². The average Bonchev–Trinajstić information content (AvgIpc) is 2.99. The summed E-state index contributed by atoms with van der Waals surface area (Å²) < 4.78 is 0. The molecule has 1 aromatic rings. The number of hydrogen-bond acceptors (Lipinski definition) is 4. The van der Waals surface area contributed by atoms with E-state index in [9.17, 15) is 4.79 Å². The molecule has 0 aromatic carbocycles. The second-order valence-corrected chi connectivity index (χ2v) is 5.93. The minimum Gasteiger partial charge on any atom is -0.339 e. The Hall–Kier alpha value is -0.360. The third-order valence-electron chi connectivity index (χ3n) is 3.83. The molecule has 4 nitrogen and oxygen atoms in total. The Balaban J connectivity index is 0.00000180. The fourth-order valence-electron chi connectivity index (χ4n) is 2.57. The lowest BCUT2D eigenvalue weighted by Crippen LogP contribution is -2.53. The minimum atomic E-state index is -0.326. The Kier molecular flexibility index (Phi) is 8.03. The van der Waals surface area contributed by atoms with Crippen molar-refractivity contribution in [1.82, 2.24) is 15.2 Å². The molecule has 0 saturated carbocycles. The maximum atomic E-state index is 12.6. The first-order chi connectivity index (χ1) is 8.59. The molecular formula is C13H23Cl2N3OS. The number of halogens is 2. The SMILES string of the molecule is CCC1(C(=O)N(C)Cc2scnc2C)CCCN1.Cl.Cl. The van der Waals surface area contributed by atoms with Gasteiger partial charge >= 0.3 is 0 Å². The smallest absolute Gasteiger partial charge is 0.242 e. The number of likely N-dealkylation sites (N-methyl/N-ethyl adjacent to an activating group) is 1. The van der Waals surface area contributed by atoms with Gasteiger partial charge in [0.1, 0.15) is 0 Å². The van der Waals surface area contributed by atoms with Crippen LogP contribution in [0.1, 0.15) is 36.8 Å². The lowest BCUT2D eigenvalue weighted by molar-refractivity contribution is -0.137. The Labute approximate surface area is 137 Å². The molecule has 7 heteroatoms. The highest BCUT2D eigenvalue weighted by atomic mass is 35.5. The topological polar surface area (TPSA) is 45.2 Å². The first-order valence-electron chi connectivity index (χ1n) is 6.48. The number of nitrogens with zero attached hydrogens (tertiary/aromatic N) is 2. The molecule has 0 aliphatic carbocycles. The van der Waals surface area contributed by atoms with Gasteiger partial charge in [-0.15, -0.1) is 36.2 Å². The molecule has 1 amide bonds. The fraction of sp³-hybridized carbons (Fsp3) is 0.692. The van der Waals surface area contributed by atoms with E-state index in [4.69, 9.17) is 0 Å².